The topological polar surface area (TPSA) is 65.1 Å². The zero-order valence-corrected chi connectivity index (χ0v) is 16.0. The van der Waals surface area contributed by atoms with Crippen LogP contribution < -0.4 is 9.47 Å². The summed E-state index contributed by atoms with van der Waals surface area (Å²) in [6.45, 7) is 0.952. The van der Waals surface area contributed by atoms with Crippen molar-refractivity contribution in [1.29, 1.82) is 0 Å². The van der Waals surface area contributed by atoms with Crippen LogP contribution in [0.2, 0.25) is 10.0 Å². The average molecular weight is 410 g/mol. The Morgan fingerprint density at radius 2 is 1.85 bits per heavy atom. The van der Waals surface area contributed by atoms with Crippen molar-refractivity contribution >= 4 is 35.1 Å². The van der Waals surface area contributed by atoms with Crippen molar-refractivity contribution in [2.24, 2.45) is 0 Å². The second-order valence-corrected chi connectivity index (χ2v) is 6.69. The number of hydrogen-bond acceptors (Lipinski definition) is 5. The third-order valence-corrected chi connectivity index (χ3v) is 4.77. The molecule has 0 saturated heterocycles. The molecule has 3 rings (SSSR count). The molecule has 0 spiro atoms. The van der Waals surface area contributed by atoms with Gasteiger partial charge >= 0.3 is 5.97 Å². The summed E-state index contributed by atoms with van der Waals surface area (Å²) in [6, 6.07) is 10.1. The number of ether oxygens (including phenoxy) is 3. The Hall–Kier alpha value is -2.44. The number of fused-ring (bicyclic) bond motifs is 1. The van der Waals surface area contributed by atoms with E-state index in [0.717, 1.165) is 5.56 Å². The van der Waals surface area contributed by atoms with Gasteiger partial charge in [-0.3, -0.25) is 4.79 Å². The monoisotopic (exact) mass is 409 g/mol. The van der Waals surface area contributed by atoms with E-state index in [0.29, 0.717) is 31.3 Å². The SMILES string of the molecule is CN(Cc1ccc2c(c1)OCCO2)C(=O)COC(=O)c1cccc(Cl)c1Cl. The highest BCUT2D eigenvalue weighted by atomic mass is 35.5. The number of carbonyl (C=O) groups excluding carboxylic acids is 2. The maximum atomic E-state index is 12.3. The lowest BCUT2D eigenvalue weighted by Gasteiger charge is -2.21. The van der Waals surface area contributed by atoms with Crippen molar-refractivity contribution in [2.45, 2.75) is 6.54 Å². The largest absolute Gasteiger partial charge is 0.486 e. The quantitative estimate of drug-likeness (QED) is 0.706. The zero-order valence-electron chi connectivity index (χ0n) is 14.5. The van der Waals surface area contributed by atoms with E-state index in [1.54, 1.807) is 19.2 Å². The molecule has 8 heteroatoms. The van der Waals surface area contributed by atoms with Gasteiger partial charge in [-0.1, -0.05) is 35.3 Å². The standard InChI is InChI=1S/C19H17Cl2NO5/c1-22(10-12-5-6-15-16(9-12)26-8-7-25-15)17(23)11-27-19(24)13-3-2-4-14(20)18(13)21/h2-6,9H,7-8,10-11H2,1H3. The summed E-state index contributed by atoms with van der Waals surface area (Å²) in [6.07, 6.45) is 0. The van der Waals surface area contributed by atoms with E-state index in [1.807, 2.05) is 18.2 Å². The fourth-order valence-electron chi connectivity index (χ4n) is 2.52. The van der Waals surface area contributed by atoms with Gasteiger partial charge in [0.05, 0.1) is 15.6 Å². The van der Waals surface area contributed by atoms with Gasteiger partial charge in [-0.15, -0.1) is 0 Å². The normalized spacial score (nSPS) is 12.4. The molecule has 0 atom stereocenters. The van der Waals surface area contributed by atoms with Crippen LogP contribution in [-0.4, -0.2) is 43.6 Å². The average Bonchev–Trinajstić information content (AvgIpc) is 2.67. The molecule has 1 amide bonds. The molecule has 0 unspecified atom stereocenters. The van der Waals surface area contributed by atoms with Crippen molar-refractivity contribution in [3.8, 4) is 11.5 Å². The molecule has 1 heterocycles. The number of likely N-dealkylation sites (N-methyl/N-ethyl adjacent to an activating group) is 1. The molecule has 6 nitrogen and oxygen atoms in total. The molecule has 27 heavy (non-hydrogen) atoms. The number of rotatable bonds is 5. The fourth-order valence-corrected chi connectivity index (χ4v) is 2.90. The number of benzene rings is 2. The lowest BCUT2D eigenvalue weighted by molar-refractivity contribution is -0.133. The third-order valence-electron chi connectivity index (χ3n) is 3.95. The molecular formula is C19H17Cl2NO5. The van der Waals surface area contributed by atoms with Crippen molar-refractivity contribution in [1.82, 2.24) is 4.90 Å². The fraction of sp³-hybridized carbons (Fsp3) is 0.263. The molecule has 0 bridgehead atoms. The summed E-state index contributed by atoms with van der Waals surface area (Å²) in [5.41, 5.74) is 0.991. The first-order valence-corrected chi connectivity index (χ1v) is 8.95. The minimum atomic E-state index is -0.705. The number of esters is 1. The van der Waals surface area contributed by atoms with Gasteiger partial charge in [0.25, 0.3) is 5.91 Å². The maximum absolute atomic E-state index is 12.3. The summed E-state index contributed by atoms with van der Waals surface area (Å²) in [5, 5.41) is 0.342. The Kier molecular flexibility index (Phi) is 6.08. The van der Waals surface area contributed by atoms with Crippen molar-refractivity contribution < 1.29 is 23.8 Å². The molecule has 0 fully saturated rings. The van der Waals surface area contributed by atoms with Crippen LogP contribution in [0.5, 0.6) is 11.5 Å². The Morgan fingerprint density at radius 3 is 2.63 bits per heavy atom. The zero-order chi connectivity index (χ0) is 19.4. The highest BCUT2D eigenvalue weighted by Crippen LogP contribution is 2.31. The second-order valence-electron chi connectivity index (χ2n) is 5.91. The molecule has 1 aliphatic heterocycles. The number of halogens is 2. The molecule has 142 valence electrons. The Labute approximate surface area is 166 Å². The Morgan fingerprint density at radius 1 is 1.11 bits per heavy atom. The smallest absolute Gasteiger partial charge is 0.340 e. The van der Waals surface area contributed by atoms with Crippen LogP contribution in [0.15, 0.2) is 36.4 Å². The molecular weight excluding hydrogens is 393 g/mol. The predicted molar refractivity (Wildman–Crippen MR) is 101 cm³/mol. The summed E-state index contributed by atoms with van der Waals surface area (Å²) >= 11 is 11.9. The highest BCUT2D eigenvalue weighted by molar-refractivity contribution is 6.43. The van der Waals surface area contributed by atoms with E-state index < -0.39 is 12.6 Å². The number of nitrogens with zero attached hydrogens (tertiary/aromatic N) is 1. The second kappa shape index (κ2) is 8.50. The van der Waals surface area contributed by atoms with Gasteiger partial charge in [0.15, 0.2) is 18.1 Å². The molecule has 0 radical (unpaired) electrons. The lowest BCUT2D eigenvalue weighted by atomic mass is 10.2. The van der Waals surface area contributed by atoms with Crippen molar-refractivity contribution in [2.75, 3.05) is 26.9 Å². The first-order chi connectivity index (χ1) is 13.0. The van der Waals surface area contributed by atoms with Crippen LogP contribution in [0.4, 0.5) is 0 Å². The van der Waals surface area contributed by atoms with E-state index in [4.69, 9.17) is 37.4 Å². The molecule has 2 aromatic rings. The molecule has 2 aromatic carbocycles. The molecule has 0 aromatic heterocycles. The molecule has 0 aliphatic carbocycles. The van der Waals surface area contributed by atoms with Crippen LogP contribution in [0.1, 0.15) is 15.9 Å². The van der Waals surface area contributed by atoms with E-state index >= 15 is 0 Å². The summed E-state index contributed by atoms with van der Waals surface area (Å²) in [7, 11) is 1.62. The van der Waals surface area contributed by atoms with Gasteiger partial charge in [-0.25, -0.2) is 4.79 Å². The molecule has 1 aliphatic rings. The minimum Gasteiger partial charge on any atom is -0.486 e. The van der Waals surface area contributed by atoms with Gasteiger partial charge in [0, 0.05) is 13.6 Å². The Balaban J connectivity index is 1.56. The first kappa shape index (κ1) is 19.3. The maximum Gasteiger partial charge on any atom is 0.340 e. The van der Waals surface area contributed by atoms with Crippen LogP contribution in [0, 0.1) is 0 Å². The van der Waals surface area contributed by atoms with E-state index in [-0.39, 0.29) is 21.5 Å². The van der Waals surface area contributed by atoms with Gasteiger partial charge in [0.1, 0.15) is 13.2 Å². The van der Waals surface area contributed by atoms with Crippen LogP contribution in [0.3, 0.4) is 0 Å². The Bertz CT molecular complexity index is 871. The van der Waals surface area contributed by atoms with Crippen LogP contribution >= 0.6 is 23.2 Å². The van der Waals surface area contributed by atoms with Gasteiger partial charge in [0.2, 0.25) is 0 Å². The number of carbonyl (C=O) groups is 2. The summed E-state index contributed by atoms with van der Waals surface area (Å²) in [4.78, 5) is 25.8. The van der Waals surface area contributed by atoms with Gasteiger partial charge < -0.3 is 19.1 Å². The highest BCUT2D eigenvalue weighted by Gasteiger charge is 2.18. The van der Waals surface area contributed by atoms with E-state index in [1.165, 1.54) is 11.0 Å². The number of hydrogen-bond donors (Lipinski definition) is 0. The van der Waals surface area contributed by atoms with E-state index in [2.05, 4.69) is 0 Å². The molecule has 0 N–H and O–H groups in total. The minimum absolute atomic E-state index is 0.0984. The van der Waals surface area contributed by atoms with Crippen molar-refractivity contribution in [3.63, 3.8) is 0 Å². The lowest BCUT2D eigenvalue weighted by Crippen LogP contribution is -2.31. The third kappa shape index (κ3) is 4.64. The number of amides is 1. The van der Waals surface area contributed by atoms with Crippen LogP contribution in [-0.2, 0) is 16.1 Å². The summed E-state index contributed by atoms with van der Waals surface area (Å²) in [5.74, 6) is 0.285. The van der Waals surface area contributed by atoms with Gasteiger partial charge in [-0.2, -0.15) is 0 Å². The molecule has 0 saturated carbocycles. The predicted octanol–water partition coefficient (Wildman–Crippen LogP) is 3.58. The van der Waals surface area contributed by atoms with Crippen molar-refractivity contribution in [3.05, 3.63) is 57.6 Å². The summed E-state index contributed by atoms with van der Waals surface area (Å²) < 4.78 is 16.1. The van der Waals surface area contributed by atoms with Gasteiger partial charge in [-0.05, 0) is 29.8 Å². The van der Waals surface area contributed by atoms with Crippen LogP contribution in [0.25, 0.3) is 0 Å². The van der Waals surface area contributed by atoms with E-state index in [9.17, 15) is 9.59 Å². The first-order valence-electron chi connectivity index (χ1n) is 8.19.